The summed E-state index contributed by atoms with van der Waals surface area (Å²) in [5.41, 5.74) is 1.00. The summed E-state index contributed by atoms with van der Waals surface area (Å²) in [5, 5.41) is 3.16. The van der Waals surface area contributed by atoms with Gasteiger partial charge in [-0.3, -0.25) is 23.9 Å². The molecule has 0 saturated heterocycles. The van der Waals surface area contributed by atoms with Crippen molar-refractivity contribution in [2.45, 2.75) is 19.9 Å². The molecule has 3 aromatic rings. The number of fused-ring (bicyclic) bond motifs is 1. The number of anilines is 1. The van der Waals surface area contributed by atoms with Gasteiger partial charge in [0.15, 0.2) is 0 Å². The van der Waals surface area contributed by atoms with Crippen molar-refractivity contribution in [3.63, 3.8) is 0 Å². The van der Waals surface area contributed by atoms with Crippen LogP contribution in [0.15, 0.2) is 56.5 Å². The van der Waals surface area contributed by atoms with Crippen LogP contribution < -0.4 is 16.6 Å². The average Bonchev–Trinajstić information content (AvgIpc) is 2.69. The van der Waals surface area contributed by atoms with E-state index in [1.54, 1.807) is 30.3 Å². The molecular weight excluding hydrogens is 452 g/mol. The standard InChI is InChI=1S/C21H21BrN4O4/c1-13-11-14(22)7-8-16(13)23-18(27)12-25(2)19(28)9-10-26-17-6-4-3-5-15(17)20(29)24-21(26)30/h3-8,11H,9-10,12H2,1-2H3,(H,23,27)(H,24,29,30). The third-order valence-corrected chi connectivity index (χ3v) is 5.22. The van der Waals surface area contributed by atoms with Gasteiger partial charge in [0.1, 0.15) is 0 Å². The van der Waals surface area contributed by atoms with E-state index >= 15 is 0 Å². The Labute approximate surface area is 180 Å². The van der Waals surface area contributed by atoms with Gasteiger partial charge in [0.05, 0.1) is 17.4 Å². The molecular formula is C21H21BrN4O4. The quantitative estimate of drug-likeness (QED) is 0.573. The van der Waals surface area contributed by atoms with E-state index in [2.05, 4.69) is 26.2 Å². The van der Waals surface area contributed by atoms with Crippen LogP contribution in [0.3, 0.4) is 0 Å². The zero-order valence-electron chi connectivity index (χ0n) is 16.6. The zero-order valence-corrected chi connectivity index (χ0v) is 18.2. The summed E-state index contributed by atoms with van der Waals surface area (Å²) in [6.45, 7) is 1.85. The van der Waals surface area contributed by atoms with Crippen LogP contribution >= 0.6 is 15.9 Å². The number of benzene rings is 2. The van der Waals surface area contributed by atoms with Crippen LogP contribution in [0.5, 0.6) is 0 Å². The van der Waals surface area contributed by atoms with Gasteiger partial charge in [-0.2, -0.15) is 0 Å². The average molecular weight is 473 g/mol. The van der Waals surface area contributed by atoms with E-state index in [0.717, 1.165) is 10.0 Å². The number of hydrogen-bond donors (Lipinski definition) is 2. The molecule has 2 amide bonds. The first-order chi connectivity index (χ1) is 14.3. The molecule has 30 heavy (non-hydrogen) atoms. The molecule has 0 aliphatic carbocycles. The molecule has 0 saturated carbocycles. The van der Waals surface area contributed by atoms with Gasteiger partial charge in [-0.25, -0.2) is 4.79 Å². The maximum atomic E-state index is 12.5. The first kappa shape index (κ1) is 21.5. The van der Waals surface area contributed by atoms with Crippen LogP contribution in [0.2, 0.25) is 0 Å². The Hall–Kier alpha value is -3.20. The van der Waals surface area contributed by atoms with Crippen molar-refractivity contribution in [2.24, 2.45) is 0 Å². The number of likely N-dealkylation sites (N-methyl/N-ethyl adjacent to an activating group) is 1. The molecule has 2 N–H and O–H groups in total. The molecule has 0 unspecified atom stereocenters. The highest BCUT2D eigenvalue weighted by Gasteiger charge is 2.15. The Morgan fingerprint density at radius 3 is 2.63 bits per heavy atom. The number of hydrogen-bond acceptors (Lipinski definition) is 4. The summed E-state index contributed by atoms with van der Waals surface area (Å²) in [7, 11) is 1.53. The molecule has 0 spiro atoms. The van der Waals surface area contributed by atoms with Gasteiger partial charge < -0.3 is 10.2 Å². The van der Waals surface area contributed by atoms with Crippen molar-refractivity contribution in [2.75, 3.05) is 18.9 Å². The van der Waals surface area contributed by atoms with E-state index < -0.39 is 11.2 Å². The minimum absolute atomic E-state index is 0.0109. The van der Waals surface area contributed by atoms with E-state index in [1.165, 1.54) is 16.5 Å². The third-order valence-electron chi connectivity index (χ3n) is 4.72. The second-order valence-electron chi connectivity index (χ2n) is 6.94. The van der Waals surface area contributed by atoms with Crippen molar-refractivity contribution < 1.29 is 9.59 Å². The molecule has 0 bridgehead atoms. The molecule has 1 aromatic heterocycles. The van der Waals surface area contributed by atoms with E-state index in [-0.39, 0.29) is 31.3 Å². The Morgan fingerprint density at radius 2 is 1.90 bits per heavy atom. The van der Waals surface area contributed by atoms with Gasteiger partial charge in [0, 0.05) is 30.2 Å². The molecule has 0 aliphatic heterocycles. The van der Waals surface area contributed by atoms with Crippen molar-refractivity contribution >= 4 is 44.3 Å². The highest BCUT2D eigenvalue weighted by atomic mass is 79.9. The van der Waals surface area contributed by atoms with Crippen LogP contribution in [-0.4, -0.2) is 39.9 Å². The number of halogens is 1. The fourth-order valence-corrected chi connectivity index (χ4v) is 3.60. The van der Waals surface area contributed by atoms with E-state index in [1.807, 2.05) is 19.1 Å². The highest BCUT2D eigenvalue weighted by molar-refractivity contribution is 9.10. The summed E-state index contributed by atoms with van der Waals surface area (Å²) in [6.07, 6.45) is 0.0109. The summed E-state index contributed by atoms with van der Waals surface area (Å²) < 4.78 is 2.27. The van der Waals surface area contributed by atoms with Gasteiger partial charge in [-0.1, -0.05) is 28.1 Å². The third kappa shape index (κ3) is 4.85. The molecule has 3 rings (SSSR count). The van der Waals surface area contributed by atoms with Crippen molar-refractivity contribution in [1.29, 1.82) is 0 Å². The molecule has 8 nitrogen and oxygen atoms in total. The first-order valence-electron chi connectivity index (χ1n) is 9.28. The van der Waals surface area contributed by atoms with Crippen molar-refractivity contribution in [3.8, 4) is 0 Å². The van der Waals surface area contributed by atoms with Gasteiger partial charge in [0.2, 0.25) is 11.8 Å². The van der Waals surface area contributed by atoms with Crippen LogP contribution in [-0.2, 0) is 16.1 Å². The number of H-pyrrole nitrogens is 1. The lowest BCUT2D eigenvalue weighted by Gasteiger charge is -2.18. The molecule has 0 fully saturated rings. The number of aryl methyl sites for hydroxylation is 2. The summed E-state index contributed by atoms with van der Waals surface area (Å²) >= 11 is 3.37. The van der Waals surface area contributed by atoms with Crippen LogP contribution in [0, 0.1) is 6.92 Å². The molecule has 0 atom stereocenters. The fourth-order valence-electron chi connectivity index (χ4n) is 3.12. The maximum absolute atomic E-state index is 12.5. The van der Waals surface area contributed by atoms with Gasteiger partial charge in [-0.05, 0) is 42.8 Å². The highest BCUT2D eigenvalue weighted by Crippen LogP contribution is 2.20. The Bertz CT molecular complexity index is 1230. The molecule has 156 valence electrons. The summed E-state index contributed by atoms with van der Waals surface area (Å²) in [4.78, 5) is 52.5. The zero-order chi connectivity index (χ0) is 21.8. The molecule has 0 radical (unpaired) electrons. The predicted octanol–water partition coefficient (Wildman–Crippen LogP) is 2.25. The second kappa shape index (κ2) is 9.08. The first-order valence-corrected chi connectivity index (χ1v) is 10.1. The molecule has 9 heteroatoms. The number of nitrogens with one attached hydrogen (secondary N) is 2. The minimum atomic E-state index is -0.572. The number of amides is 2. The number of carbonyl (C=O) groups is 2. The topological polar surface area (TPSA) is 104 Å². The van der Waals surface area contributed by atoms with Crippen LogP contribution in [0.1, 0.15) is 12.0 Å². The van der Waals surface area contributed by atoms with Gasteiger partial charge in [0.25, 0.3) is 5.56 Å². The lowest BCUT2D eigenvalue weighted by molar-refractivity contribution is -0.133. The smallest absolute Gasteiger partial charge is 0.328 e. The largest absolute Gasteiger partial charge is 0.336 e. The monoisotopic (exact) mass is 472 g/mol. The Balaban J connectivity index is 1.64. The van der Waals surface area contributed by atoms with Crippen LogP contribution in [0.4, 0.5) is 5.69 Å². The number of aromatic amines is 1. The predicted molar refractivity (Wildman–Crippen MR) is 119 cm³/mol. The lowest BCUT2D eigenvalue weighted by Crippen LogP contribution is -2.36. The number of aromatic nitrogens is 2. The second-order valence-corrected chi connectivity index (χ2v) is 7.85. The van der Waals surface area contributed by atoms with E-state index in [9.17, 15) is 19.2 Å². The normalized spacial score (nSPS) is 10.8. The number of carbonyl (C=O) groups excluding carboxylic acids is 2. The lowest BCUT2D eigenvalue weighted by atomic mass is 10.2. The van der Waals surface area contributed by atoms with E-state index in [4.69, 9.17) is 0 Å². The summed E-state index contributed by atoms with van der Waals surface area (Å²) in [6, 6.07) is 12.2. The SMILES string of the molecule is Cc1cc(Br)ccc1NC(=O)CN(C)C(=O)CCn1c(=O)[nH]c(=O)c2ccccc21. The number of nitrogens with zero attached hydrogens (tertiary/aromatic N) is 2. The number of para-hydroxylation sites is 1. The van der Waals surface area contributed by atoms with E-state index in [0.29, 0.717) is 16.6 Å². The van der Waals surface area contributed by atoms with Crippen molar-refractivity contribution in [1.82, 2.24) is 14.5 Å². The van der Waals surface area contributed by atoms with Gasteiger partial charge >= 0.3 is 5.69 Å². The maximum Gasteiger partial charge on any atom is 0.328 e. The fraction of sp³-hybridized carbons (Fsp3) is 0.238. The molecule has 2 aromatic carbocycles. The van der Waals surface area contributed by atoms with Crippen molar-refractivity contribution in [3.05, 3.63) is 73.3 Å². The number of rotatable bonds is 6. The Kier molecular flexibility index (Phi) is 6.51. The van der Waals surface area contributed by atoms with Gasteiger partial charge in [-0.15, -0.1) is 0 Å². The van der Waals surface area contributed by atoms with Crippen LogP contribution in [0.25, 0.3) is 10.9 Å². The molecule has 1 heterocycles. The molecule has 0 aliphatic rings. The Morgan fingerprint density at radius 1 is 1.17 bits per heavy atom. The summed E-state index contributed by atoms with van der Waals surface area (Å²) in [5.74, 6) is -0.609. The minimum Gasteiger partial charge on any atom is -0.336 e.